The van der Waals surface area contributed by atoms with Crippen LogP contribution in [0.1, 0.15) is 12.0 Å². The second-order valence-corrected chi connectivity index (χ2v) is 4.45. The number of nitro groups is 1. The smallest absolute Gasteiger partial charge is 0.314 e. The van der Waals surface area contributed by atoms with Crippen molar-refractivity contribution < 1.29 is 10.0 Å². The van der Waals surface area contributed by atoms with Crippen molar-refractivity contribution in [1.29, 1.82) is 0 Å². The van der Waals surface area contributed by atoms with Crippen LogP contribution in [0.2, 0.25) is 0 Å². The van der Waals surface area contributed by atoms with E-state index in [1.54, 1.807) is 0 Å². The summed E-state index contributed by atoms with van der Waals surface area (Å²) in [6, 6.07) is 2.53. The highest BCUT2D eigenvalue weighted by atomic mass is 16.6. The fraction of sp³-hybridized carbons (Fsp3) is 0.333. The summed E-state index contributed by atoms with van der Waals surface area (Å²) >= 11 is 0. The minimum Gasteiger partial charge on any atom is -0.396 e. The molecular formula is C12H14N4O5. The van der Waals surface area contributed by atoms with Crippen LogP contribution in [0.25, 0.3) is 11.0 Å². The van der Waals surface area contributed by atoms with E-state index in [9.17, 15) is 19.7 Å². The lowest BCUT2D eigenvalue weighted by Crippen LogP contribution is -2.29. The van der Waals surface area contributed by atoms with Crippen molar-refractivity contribution in [3.63, 3.8) is 0 Å². The number of non-ortho nitro benzene ring substituents is 1. The highest BCUT2D eigenvalue weighted by Crippen LogP contribution is 2.21. The number of aromatic amines is 2. The number of fused-ring (bicyclic) bond motifs is 1. The Morgan fingerprint density at radius 3 is 2.62 bits per heavy atom. The van der Waals surface area contributed by atoms with E-state index in [1.165, 1.54) is 12.1 Å². The van der Waals surface area contributed by atoms with Gasteiger partial charge in [-0.2, -0.15) is 0 Å². The molecule has 0 unspecified atom stereocenters. The average molecular weight is 294 g/mol. The molecule has 0 aliphatic carbocycles. The van der Waals surface area contributed by atoms with Crippen molar-refractivity contribution in [2.75, 3.05) is 13.2 Å². The molecule has 1 aromatic carbocycles. The zero-order valence-corrected chi connectivity index (χ0v) is 11.0. The second-order valence-electron chi connectivity index (χ2n) is 4.45. The standard InChI is InChI=1S/C12H14N4O5/c17-3-1-2-13-6-7-4-8(16(20)21)5-9-10(7)15-12(19)11(18)14-9/h4-5,13,17H,1-3,6H2,(H,14,18)(H,15,19). The number of nitro benzene ring substituents is 1. The molecule has 0 aliphatic heterocycles. The number of rotatable bonds is 6. The van der Waals surface area contributed by atoms with Crippen LogP contribution in [0.15, 0.2) is 21.7 Å². The molecule has 0 spiro atoms. The van der Waals surface area contributed by atoms with Crippen LogP contribution in [0.3, 0.4) is 0 Å². The zero-order chi connectivity index (χ0) is 15.4. The zero-order valence-electron chi connectivity index (χ0n) is 11.0. The Morgan fingerprint density at radius 2 is 1.95 bits per heavy atom. The van der Waals surface area contributed by atoms with Gasteiger partial charge in [0.15, 0.2) is 0 Å². The van der Waals surface area contributed by atoms with E-state index >= 15 is 0 Å². The third kappa shape index (κ3) is 3.33. The Labute approximate surface area is 117 Å². The molecule has 0 aliphatic rings. The number of H-pyrrole nitrogens is 2. The Balaban J connectivity index is 2.49. The summed E-state index contributed by atoms with van der Waals surface area (Å²) in [5, 5.41) is 22.6. The first kappa shape index (κ1) is 14.9. The van der Waals surface area contributed by atoms with E-state index in [0.717, 1.165) is 0 Å². The molecule has 1 heterocycles. The predicted octanol–water partition coefficient (Wildman–Crippen LogP) is -0.403. The number of aliphatic hydroxyl groups is 1. The van der Waals surface area contributed by atoms with E-state index in [2.05, 4.69) is 15.3 Å². The summed E-state index contributed by atoms with van der Waals surface area (Å²) in [5.74, 6) is 0. The molecule has 9 nitrogen and oxygen atoms in total. The fourth-order valence-corrected chi connectivity index (χ4v) is 1.95. The maximum absolute atomic E-state index is 11.4. The predicted molar refractivity (Wildman–Crippen MR) is 75.3 cm³/mol. The SMILES string of the molecule is O=c1[nH]c2cc([N+](=O)[O-])cc(CNCCCO)c2[nH]c1=O. The van der Waals surface area contributed by atoms with Gasteiger partial charge in [-0.05, 0) is 18.5 Å². The van der Waals surface area contributed by atoms with E-state index in [1.807, 2.05) is 0 Å². The van der Waals surface area contributed by atoms with E-state index < -0.39 is 16.0 Å². The molecule has 9 heteroatoms. The number of aromatic nitrogens is 2. The van der Waals surface area contributed by atoms with Gasteiger partial charge >= 0.3 is 11.1 Å². The lowest BCUT2D eigenvalue weighted by molar-refractivity contribution is -0.384. The van der Waals surface area contributed by atoms with Gasteiger partial charge in [-0.3, -0.25) is 19.7 Å². The van der Waals surface area contributed by atoms with Gasteiger partial charge in [-0.25, -0.2) is 0 Å². The molecule has 0 saturated carbocycles. The van der Waals surface area contributed by atoms with Crippen molar-refractivity contribution in [3.05, 3.63) is 48.5 Å². The Bertz CT molecular complexity index is 779. The van der Waals surface area contributed by atoms with Crippen molar-refractivity contribution in [2.24, 2.45) is 0 Å². The first-order chi connectivity index (χ1) is 10.0. The number of aliphatic hydroxyl groups excluding tert-OH is 1. The van der Waals surface area contributed by atoms with Gasteiger partial charge in [0.25, 0.3) is 5.69 Å². The average Bonchev–Trinajstić information content (AvgIpc) is 2.44. The number of hydrogen-bond acceptors (Lipinski definition) is 6. The molecule has 0 saturated heterocycles. The van der Waals surface area contributed by atoms with Crippen LogP contribution >= 0.6 is 0 Å². The molecule has 21 heavy (non-hydrogen) atoms. The van der Waals surface area contributed by atoms with Crippen LogP contribution in [-0.4, -0.2) is 33.1 Å². The first-order valence-corrected chi connectivity index (χ1v) is 6.28. The van der Waals surface area contributed by atoms with Gasteiger partial charge in [0.1, 0.15) is 0 Å². The molecular weight excluding hydrogens is 280 g/mol. The third-order valence-electron chi connectivity index (χ3n) is 2.94. The number of benzene rings is 1. The number of hydrogen-bond donors (Lipinski definition) is 4. The molecule has 0 atom stereocenters. The quantitative estimate of drug-likeness (QED) is 0.247. The molecule has 4 N–H and O–H groups in total. The summed E-state index contributed by atoms with van der Waals surface area (Å²) in [4.78, 5) is 37.8. The number of nitrogens with zero attached hydrogens (tertiary/aromatic N) is 1. The largest absolute Gasteiger partial charge is 0.396 e. The maximum atomic E-state index is 11.4. The highest BCUT2D eigenvalue weighted by Gasteiger charge is 2.13. The first-order valence-electron chi connectivity index (χ1n) is 6.28. The Kier molecular flexibility index (Phi) is 4.45. The molecule has 2 rings (SSSR count). The minimum atomic E-state index is -0.859. The lowest BCUT2D eigenvalue weighted by Gasteiger charge is -2.07. The Hall–Kier alpha value is -2.52. The molecule has 1 aromatic heterocycles. The summed E-state index contributed by atoms with van der Waals surface area (Å²) in [5.41, 5.74) is -0.806. The number of nitrogens with one attached hydrogen (secondary N) is 3. The van der Waals surface area contributed by atoms with Crippen LogP contribution in [0, 0.1) is 10.1 Å². The van der Waals surface area contributed by atoms with Gasteiger partial charge in [-0.1, -0.05) is 0 Å². The normalized spacial score (nSPS) is 10.9. The summed E-state index contributed by atoms with van der Waals surface area (Å²) in [7, 11) is 0. The van der Waals surface area contributed by atoms with Crippen molar-refractivity contribution >= 4 is 16.7 Å². The van der Waals surface area contributed by atoms with Crippen LogP contribution in [0.4, 0.5) is 5.69 Å². The van der Waals surface area contributed by atoms with Crippen molar-refractivity contribution in [1.82, 2.24) is 15.3 Å². The van der Waals surface area contributed by atoms with Crippen LogP contribution < -0.4 is 16.4 Å². The van der Waals surface area contributed by atoms with E-state index in [4.69, 9.17) is 5.11 Å². The maximum Gasteiger partial charge on any atom is 0.314 e. The molecule has 112 valence electrons. The van der Waals surface area contributed by atoms with Gasteiger partial charge in [0.05, 0.1) is 16.0 Å². The van der Waals surface area contributed by atoms with Crippen LogP contribution in [-0.2, 0) is 6.54 Å². The van der Waals surface area contributed by atoms with Gasteiger partial charge in [-0.15, -0.1) is 0 Å². The van der Waals surface area contributed by atoms with E-state index in [0.29, 0.717) is 24.0 Å². The monoisotopic (exact) mass is 294 g/mol. The van der Waals surface area contributed by atoms with Gasteiger partial charge < -0.3 is 20.4 Å². The summed E-state index contributed by atoms with van der Waals surface area (Å²) in [6.07, 6.45) is 0.542. The van der Waals surface area contributed by atoms with Crippen molar-refractivity contribution in [3.8, 4) is 0 Å². The molecule has 0 amide bonds. The van der Waals surface area contributed by atoms with E-state index in [-0.39, 0.29) is 24.4 Å². The summed E-state index contributed by atoms with van der Waals surface area (Å²) in [6.45, 7) is 0.821. The van der Waals surface area contributed by atoms with Gasteiger partial charge in [0.2, 0.25) is 0 Å². The lowest BCUT2D eigenvalue weighted by atomic mass is 10.1. The van der Waals surface area contributed by atoms with Crippen molar-refractivity contribution in [2.45, 2.75) is 13.0 Å². The Morgan fingerprint density at radius 1 is 1.24 bits per heavy atom. The summed E-state index contributed by atoms with van der Waals surface area (Å²) < 4.78 is 0. The minimum absolute atomic E-state index is 0.0346. The molecule has 2 aromatic rings. The van der Waals surface area contributed by atoms with Gasteiger partial charge in [0, 0.05) is 25.3 Å². The third-order valence-corrected chi connectivity index (χ3v) is 2.94. The highest BCUT2D eigenvalue weighted by molar-refractivity contribution is 5.80. The van der Waals surface area contributed by atoms with Crippen LogP contribution in [0.5, 0.6) is 0 Å². The second kappa shape index (κ2) is 6.29. The molecule has 0 bridgehead atoms. The molecule has 0 radical (unpaired) electrons. The fourth-order valence-electron chi connectivity index (χ4n) is 1.95. The topological polar surface area (TPSA) is 141 Å². The molecule has 0 fully saturated rings.